The van der Waals surface area contributed by atoms with E-state index in [4.69, 9.17) is 4.74 Å². The van der Waals surface area contributed by atoms with Crippen LogP contribution in [0.2, 0.25) is 0 Å². The topological polar surface area (TPSA) is 56.8 Å². The van der Waals surface area contributed by atoms with Crippen LogP contribution >= 0.6 is 11.3 Å². The number of ether oxygens (including phenoxy) is 1. The van der Waals surface area contributed by atoms with Crippen molar-refractivity contribution in [1.29, 1.82) is 0 Å². The molecule has 2 aromatic rings. The summed E-state index contributed by atoms with van der Waals surface area (Å²) in [6, 6.07) is 9.53. The van der Waals surface area contributed by atoms with Crippen LogP contribution in [-0.4, -0.2) is 18.1 Å². The van der Waals surface area contributed by atoms with Crippen molar-refractivity contribution in [2.24, 2.45) is 0 Å². The molecule has 2 heterocycles. The molecule has 1 aromatic heterocycles. The van der Waals surface area contributed by atoms with Crippen molar-refractivity contribution < 1.29 is 9.53 Å². The molecule has 1 aromatic carbocycles. The smallest absolute Gasteiger partial charge is 0.355 e. The second-order valence-corrected chi connectivity index (χ2v) is 5.60. The van der Waals surface area contributed by atoms with Crippen molar-refractivity contribution >= 4 is 23.1 Å². The van der Waals surface area contributed by atoms with Crippen molar-refractivity contribution in [3.63, 3.8) is 0 Å². The third kappa shape index (κ3) is 2.71. The predicted octanol–water partition coefficient (Wildman–Crippen LogP) is 2.43. The third-order valence-electron chi connectivity index (χ3n) is 3.29. The van der Waals surface area contributed by atoms with E-state index < -0.39 is 0 Å². The quantitative estimate of drug-likeness (QED) is 0.911. The number of aryl methyl sites for hydroxylation is 1. The molecule has 7 heteroatoms. The molecule has 1 fully saturated rings. The van der Waals surface area contributed by atoms with E-state index in [-0.39, 0.29) is 6.03 Å². The van der Waals surface area contributed by atoms with Crippen LogP contribution in [0.25, 0.3) is 0 Å². The van der Waals surface area contributed by atoms with Gasteiger partial charge >= 0.3 is 6.03 Å². The normalized spacial score (nSPS) is 14.9. The first-order chi connectivity index (χ1) is 10.2. The fourth-order valence-electron chi connectivity index (χ4n) is 2.11. The van der Waals surface area contributed by atoms with E-state index in [0.717, 1.165) is 21.9 Å². The Bertz CT molecular complexity index is 644. The molecular formula is C14H16N4O2S. The minimum absolute atomic E-state index is 0.169. The third-order valence-corrected chi connectivity index (χ3v) is 4.07. The Balaban J connectivity index is 1.87. The SMILES string of the molecule is Cc1cccc(N2NNN(C)C2=O)c1COc1cccs1. The van der Waals surface area contributed by atoms with Crippen molar-refractivity contribution in [3.8, 4) is 5.06 Å². The molecule has 0 unspecified atom stereocenters. The van der Waals surface area contributed by atoms with Gasteiger partial charge in [-0.1, -0.05) is 12.1 Å². The van der Waals surface area contributed by atoms with Crippen LogP contribution in [0.1, 0.15) is 11.1 Å². The number of nitrogens with one attached hydrogen (secondary N) is 2. The van der Waals surface area contributed by atoms with Crippen molar-refractivity contribution in [3.05, 3.63) is 46.8 Å². The summed E-state index contributed by atoms with van der Waals surface area (Å²) in [5.74, 6) is 0. The Morgan fingerprint density at radius 1 is 1.24 bits per heavy atom. The summed E-state index contributed by atoms with van der Waals surface area (Å²) in [4.78, 5) is 12.1. The molecule has 0 aliphatic carbocycles. The molecule has 2 amide bonds. The van der Waals surface area contributed by atoms with Crippen LogP contribution in [0.4, 0.5) is 10.5 Å². The zero-order valence-electron chi connectivity index (χ0n) is 11.8. The fraction of sp³-hybridized carbons (Fsp3) is 0.214. The number of hydrogen-bond acceptors (Lipinski definition) is 5. The van der Waals surface area contributed by atoms with E-state index in [1.165, 1.54) is 10.0 Å². The highest BCUT2D eigenvalue weighted by molar-refractivity contribution is 7.11. The first kappa shape index (κ1) is 13.9. The zero-order chi connectivity index (χ0) is 14.8. The number of anilines is 1. The molecule has 0 spiro atoms. The van der Waals surface area contributed by atoms with Crippen molar-refractivity contribution in [1.82, 2.24) is 16.1 Å². The van der Waals surface area contributed by atoms with Gasteiger partial charge in [-0.05, 0) is 36.1 Å². The van der Waals surface area contributed by atoms with Gasteiger partial charge in [0.2, 0.25) is 0 Å². The van der Waals surface area contributed by atoms with Crippen LogP contribution in [0, 0.1) is 6.92 Å². The van der Waals surface area contributed by atoms with Gasteiger partial charge in [0.1, 0.15) is 6.61 Å². The van der Waals surface area contributed by atoms with Gasteiger partial charge in [0.15, 0.2) is 5.06 Å². The zero-order valence-corrected chi connectivity index (χ0v) is 12.6. The molecule has 0 radical (unpaired) electrons. The van der Waals surface area contributed by atoms with Gasteiger partial charge in [-0.15, -0.1) is 22.4 Å². The lowest BCUT2D eigenvalue weighted by molar-refractivity contribution is 0.214. The van der Waals surface area contributed by atoms with Crippen LogP contribution < -0.4 is 20.8 Å². The van der Waals surface area contributed by atoms with Crippen molar-refractivity contribution in [2.45, 2.75) is 13.5 Å². The van der Waals surface area contributed by atoms with E-state index >= 15 is 0 Å². The van der Waals surface area contributed by atoms with E-state index in [0.29, 0.717) is 6.61 Å². The maximum Gasteiger partial charge on any atom is 0.355 e. The second kappa shape index (κ2) is 5.72. The second-order valence-electron chi connectivity index (χ2n) is 4.69. The largest absolute Gasteiger partial charge is 0.479 e. The summed E-state index contributed by atoms with van der Waals surface area (Å²) in [6.07, 6.45) is 0. The van der Waals surface area contributed by atoms with Gasteiger partial charge in [0.05, 0.1) is 5.69 Å². The van der Waals surface area contributed by atoms with Crippen molar-refractivity contribution in [2.75, 3.05) is 12.1 Å². The minimum Gasteiger partial charge on any atom is -0.479 e. The van der Waals surface area contributed by atoms with E-state index in [2.05, 4.69) is 11.1 Å². The maximum absolute atomic E-state index is 12.1. The highest BCUT2D eigenvalue weighted by Gasteiger charge is 2.28. The maximum atomic E-state index is 12.1. The molecule has 1 saturated heterocycles. The lowest BCUT2D eigenvalue weighted by Crippen LogP contribution is -2.38. The summed E-state index contributed by atoms with van der Waals surface area (Å²) in [7, 11) is 1.66. The molecule has 21 heavy (non-hydrogen) atoms. The molecule has 0 saturated carbocycles. The number of thiophene rings is 1. The van der Waals surface area contributed by atoms with Gasteiger partial charge in [0.25, 0.3) is 0 Å². The number of carbonyl (C=O) groups excluding carboxylic acids is 1. The van der Waals surface area contributed by atoms with Gasteiger partial charge in [-0.2, -0.15) is 0 Å². The van der Waals surface area contributed by atoms with E-state index in [1.807, 2.05) is 42.6 Å². The molecule has 0 bridgehead atoms. The number of rotatable bonds is 4. The Morgan fingerprint density at radius 3 is 2.76 bits per heavy atom. The molecule has 1 aliphatic heterocycles. The molecule has 0 atom stereocenters. The van der Waals surface area contributed by atoms with Crippen LogP contribution in [0.15, 0.2) is 35.7 Å². The van der Waals surface area contributed by atoms with Crippen LogP contribution in [0.5, 0.6) is 5.06 Å². The standard InChI is InChI=1S/C14H16N4O2S/c1-10-5-3-6-12(18-14(19)17(2)15-16-18)11(10)9-20-13-7-4-8-21-13/h3-8,15-16H,9H2,1-2H3. The monoisotopic (exact) mass is 304 g/mol. The molecule has 1 aliphatic rings. The van der Waals surface area contributed by atoms with Gasteiger partial charge < -0.3 is 4.74 Å². The first-order valence-electron chi connectivity index (χ1n) is 6.50. The molecule has 2 N–H and O–H groups in total. The summed E-state index contributed by atoms with van der Waals surface area (Å²) < 4.78 is 5.79. The highest BCUT2D eigenvalue weighted by atomic mass is 32.1. The average molecular weight is 304 g/mol. The molecule has 6 nitrogen and oxygen atoms in total. The molecular weight excluding hydrogens is 288 g/mol. The van der Waals surface area contributed by atoms with E-state index in [1.54, 1.807) is 18.4 Å². The number of carbonyl (C=O) groups is 1. The number of hydrogen-bond donors (Lipinski definition) is 2. The van der Waals surface area contributed by atoms with Gasteiger partial charge in [-0.25, -0.2) is 14.8 Å². The van der Waals surface area contributed by atoms with E-state index in [9.17, 15) is 4.79 Å². The number of amides is 2. The minimum atomic E-state index is -0.169. The predicted molar refractivity (Wildman–Crippen MR) is 81.7 cm³/mol. The number of urea groups is 1. The van der Waals surface area contributed by atoms with Crippen LogP contribution in [0.3, 0.4) is 0 Å². The van der Waals surface area contributed by atoms with Crippen LogP contribution in [-0.2, 0) is 6.61 Å². The summed E-state index contributed by atoms with van der Waals surface area (Å²) in [5.41, 5.74) is 8.43. The fourth-order valence-corrected chi connectivity index (χ4v) is 2.68. The lowest BCUT2D eigenvalue weighted by atomic mass is 10.1. The highest BCUT2D eigenvalue weighted by Crippen LogP contribution is 2.27. The molecule has 110 valence electrons. The Morgan fingerprint density at radius 2 is 2.10 bits per heavy atom. The first-order valence-corrected chi connectivity index (χ1v) is 7.38. The Kier molecular flexibility index (Phi) is 3.78. The summed E-state index contributed by atoms with van der Waals surface area (Å²) in [6.45, 7) is 2.42. The number of benzene rings is 1. The number of hydrazine groups is 3. The lowest BCUT2D eigenvalue weighted by Gasteiger charge is -2.19. The Labute approximate surface area is 126 Å². The Hall–Kier alpha value is -2.09. The molecule has 3 rings (SSSR count). The average Bonchev–Trinajstić information content (AvgIpc) is 3.09. The number of nitrogens with zero attached hydrogens (tertiary/aromatic N) is 2. The van der Waals surface area contributed by atoms with Gasteiger partial charge in [0, 0.05) is 12.6 Å². The summed E-state index contributed by atoms with van der Waals surface area (Å²) >= 11 is 1.55. The summed E-state index contributed by atoms with van der Waals surface area (Å²) in [5, 5.41) is 5.69. The van der Waals surface area contributed by atoms with Gasteiger partial charge in [-0.3, -0.25) is 0 Å².